The van der Waals surface area contributed by atoms with E-state index in [-0.39, 0.29) is 5.41 Å². The lowest BCUT2D eigenvalue weighted by Crippen LogP contribution is -2.27. The Labute approximate surface area is 83.5 Å². The molecular weight excluding hydrogens is 170 g/mol. The molecule has 0 N–H and O–H groups in total. The molecule has 3 aliphatic rings. The van der Waals surface area contributed by atoms with Gasteiger partial charge in [-0.3, -0.25) is 4.99 Å². The van der Waals surface area contributed by atoms with Crippen molar-refractivity contribution in [2.75, 3.05) is 0 Å². The second-order valence-corrected chi connectivity index (χ2v) is 3.79. The van der Waals surface area contributed by atoms with Gasteiger partial charge in [0.15, 0.2) is 0 Å². The van der Waals surface area contributed by atoms with E-state index in [2.05, 4.69) is 47.5 Å². The SMILES string of the molecule is C1=CC2=CC=CC3=CN=CCC23C=C1. The van der Waals surface area contributed by atoms with Crippen LogP contribution in [-0.2, 0) is 0 Å². The van der Waals surface area contributed by atoms with Gasteiger partial charge in [-0.2, -0.15) is 0 Å². The van der Waals surface area contributed by atoms with Gasteiger partial charge in [0.05, 0.1) is 0 Å². The van der Waals surface area contributed by atoms with Crippen LogP contribution in [0.3, 0.4) is 0 Å². The van der Waals surface area contributed by atoms with Gasteiger partial charge in [-0.15, -0.1) is 0 Å². The molecule has 68 valence electrons. The smallest absolute Gasteiger partial charge is 0.0449 e. The van der Waals surface area contributed by atoms with Gasteiger partial charge < -0.3 is 0 Å². The molecule has 0 aromatic carbocycles. The van der Waals surface area contributed by atoms with Crippen LogP contribution in [0.4, 0.5) is 0 Å². The van der Waals surface area contributed by atoms with E-state index >= 15 is 0 Å². The van der Waals surface area contributed by atoms with E-state index in [0.717, 1.165) is 6.42 Å². The third-order valence-electron chi connectivity index (χ3n) is 3.08. The summed E-state index contributed by atoms with van der Waals surface area (Å²) < 4.78 is 0. The van der Waals surface area contributed by atoms with Crippen molar-refractivity contribution in [3.8, 4) is 0 Å². The van der Waals surface area contributed by atoms with E-state index in [1.54, 1.807) is 0 Å². The van der Waals surface area contributed by atoms with Gasteiger partial charge in [-0.1, -0.05) is 42.5 Å². The van der Waals surface area contributed by atoms with Gasteiger partial charge in [0.2, 0.25) is 0 Å². The summed E-state index contributed by atoms with van der Waals surface area (Å²) in [6.45, 7) is 0. The van der Waals surface area contributed by atoms with Crippen molar-refractivity contribution in [3.05, 3.63) is 59.9 Å². The molecule has 0 amide bonds. The zero-order valence-electron chi connectivity index (χ0n) is 7.85. The van der Waals surface area contributed by atoms with Crippen LogP contribution in [0.15, 0.2) is 64.9 Å². The van der Waals surface area contributed by atoms with Crippen LogP contribution in [-0.4, -0.2) is 6.21 Å². The molecule has 1 nitrogen and oxygen atoms in total. The van der Waals surface area contributed by atoms with Gasteiger partial charge >= 0.3 is 0 Å². The number of nitrogens with zero attached hydrogens (tertiary/aromatic N) is 1. The molecule has 0 fully saturated rings. The average Bonchev–Trinajstić information content (AvgIpc) is 2.26. The minimum Gasteiger partial charge on any atom is -0.269 e. The molecule has 1 aliphatic heterocycles. The van der Waals surface area contributed by atoms with Gasteiger partial charge in [0.1, 0.15) is 0 Å². The first kappa shape index (κ1) is 7.74. The fourth-order valence-corrected chi connectivity index (χ4v) is 2.29. The van der Waals surface area contributed by atoms with Crippen molar-refractivity contribution in [2.45, 2.75) is 6.42 Å². The Kier molecular flexibility index (Phi) is 1.48. The second kappa shape index (κ2) is 2.68. The molecule has 0 radical (unpaired) electrons. The normalized spacial score (nSPS) is 32.0. The Balaban J connectivity index is 2.22. The summed E-state index contributed by atoms with van der Waals surface area (Å²) in [5.74, 6) is 0. The molecular formula is C13H11N. The van der Waals surface area contributed by atoms with E-state index in [9.17, 15) is 0 Å². The zero-order chi connectivity index (χ0) is 9.43. The molecule has 0 aromatic heterocycles. The third-order valence-corrected chi connectivity index (χ3v) is 3.08. The first-order valence-electron chi connectivity index (χ1n) is 4.89. The highest BCUT2D eigenvalue weighted by atomic mass is 14.7. The van der Waals surface area contributed by atoms with Gasteiger partial charge in [0.25, 0.3) is 0 Å². The summed E-state index contributed by atoms with van der Waals surface area (Å²) in [4.78, 5) is 4.22. The molecule has 1 heterocycles. The monoisotopic (exact) mass is 181 g/mol. The van der Waals surface area contributed by atoms with Crippen LogP contribution in [0.1, 0.15) is 6.42 Å². The number of hydrogen-bond acceptors (Lipinski definition) is 1. The van der Waals surface area contributed by atoms with Gasteiger partial charge in [-0.05, 0) is 11.1 Å². The predicted octanol–water partition coefficient (Wildman–Crippen LogP) is 2.95. The molecule has 1 spiro atoms. The van der Waals surface area contributed by atoms with E-state index in [1.165, 1.54) is 11.1 Å². The number of allylic oxidation sites excluding steroid dienone is 9. The van der Waals surface area contributed by atoms with E-state index in [0.29, 0.717) is 0 Å². The predicted molar refractivity (Wildman–Crippen MR) is 59.1 cm³/mol. The molecule has 0 saturated carbocycles. The average molecular weight is 181 g/mol. The Bertz CT molecular complexity index is 434. The fraction of sp³-hybridized carbons (Fsp3) is 0.154. The zero-order valence-corrected chi connectivity index (χ0v) is 7.85. The number of aliphatic imine (C=N–C) groups is 1. The maximum Gasteiger partial charge on any atom is 0.0449 e. The summed E-state index contributed by atoms with van der Waals surface area (Å²) in [7, 11) is 0. The van der Waals surface area contributed by atoms with E-state index in [4.69, 9.17) is 0 Å². The first-order chi connectivity index (χ1) is 6.92. The fourth-order valence-electron chi connectivity index (χ4n) is 2.29. The third kappa shape index (κ3) is 0.869. The van der Waals surface area contributed by atoms with Crippen LogP contribution in [0, 0.1) is 5.41 Å². The lowest BCUT2D eigenvalue weighted by Gasteiger charge is -2.37. The molecule has 1 heteroatoms. The van der Waals surface area contributed by atoms with Crippen molar-refractivity contribution in [1.29, 1.82) is 0 Å². The van der Waals surface area contributed by atoms with Crippen LogP contribution in [0.25, 0.3) is 0 Å². The largest absolute Gasteiger partial charge is 0.269 e. The number of hydrogen-bond donors (Lipinski definition) is 0. The van der Waals surface area contributed by atoms with Crippen molar-refractivity contribution in [2.24, 2.45) is 10.4 Å². The van der Waals surface area contributed by atoms with Crippen LogP contribution in [0.2, 0.25) is 0 Å². The van der Waals surface area contributed by atoms with E-state index < -0.39 is 0 Å². The highest BCUT2D eigenvalue weighted by Crippen LogP contribution is 2.46. The molecule has 0 aromatic rings. The second-order valence-electron chi connectivity index (χ2n) is 3.79. The van der Waals surface area contributed by atoms with Crippen molar-refractivity contribution >= 4 is 6.21 Å². The van der Waals surface area contributed by atoms with Crippen LogP contribution < -0.4 is 0 Å². The van der Waals surface area contributed by atoms with Crippen molar-refractivity contribution in [1.82, 2.24) is 0 Å². The Hall–Kier alpha value is -1.63. The molecule has 3 rings (SSSR count). The molecule has 2 aliphatic carbocycles. The van der Waals surface area contributed by atoms with Gasteiger partial charge in [0, 0.05) is 24.3 Å². The molecule has 14 heavy (non-hydrogen) atoms. The maximum absolute atomic E-state index is 4.22. The Morgan fingerprint density at radius 1 is 1.07 bits per heavy atom. The number of rotatable bonds is 0. The van der Waals surface area contributed by atoms with Crippen molar-refractivity contribution in [3.63, 3.8) is 0 Å². The van der Waals surface area contributed by atoms with Crippen LogP contribution >= 0.6 is 0 Å². The Morgan fingerprint density at radius 3 is 3.00 bits per heavy atom. The summed E-state index contributed by atoms with van der Waals surface area (Å²) in [6, 6.07) is 0. The maximum atomic E-state index is 4.22. The summed E-state index contributed by atoms with van der Waals surface area (Å²) in [6.07, 6.45) is 20.1. The summed E-state index contributed by atoms with van der Waals surface area (Å²) >= 11 is 0. The molecule has 1 unspecified atom stereocenters. The van der Waals surface area contributed by atoms with E-state index in [1.807, 2.05) is 12.4 Å². The highest BCUT2D eigenvalue weighted by Gasteiger charge is 2.36. The summed E-state index contributed by atoms with van der Waals surface area (Å²) in [5, 5.41) is 0. The highest BCUT2D eigenvalue weighted by molar-refractivity contribution is 5.69. The Morgan fingerprint density at radius 2 is 2.00 bits per heavy atom. The van der Waals surface area contributed by atoms with Gasteiger partial charge in [-0.25, -0.2) is 0 Å². The minimum atomic E-state index is 0.0885. The first-order valence-corrected chi connectivity index (χ1v) is 4.89. The minimum absolute atomic E-state index is 0.0885. The molecule has 1 atom stereocenters. The van der Waals surface area contributed by atoms with Crippen molar-refractivity contribution < 1.29 is 0 Å². The quantitative estimate of drug-likeness (QED) is 0.545. The topological polar surface area (TPSA) is 12.4 Å². The molecule has 0 saturated heterocycles. The molecule has 0 bridgehead atoms. The lowest BCUT2D eigenvalue weighted by molar-refractivity contribution is 0.589. The summed E-state index contributed by atoms with van der Waals surface area (Å²) in [5.41, 5.74) is 2.77. The lowest BCUT2D eigenvalue weighted by atomic mass is 9.67. The van der Waals surface area contributed by atoms with Crippen LogP contribution in [0.5, 0.6) is 0 Å². The standard InChI is InChI=1S/C13H11N/c1-2-7-13-8-9-14-10-12(13)6-3-5-11(13)4-1/h1-7,9-10H,8H2.